The predicted molar refractivity (Wildman–Crippen MR) is 124 cm³/mol. The van der Waals surface area contributed by atoms with E-state index in [4.69, 9.17) is 0 Å². The molecule has 1 atom stereocenters. The molecule has 1 unspecified atom stereocenters. The van der Waals surface area contributed by atoms with Crippen LogP contribution in [0, 0.1) is 6.92 Å². The van der Waals surface area contributed by atoms with Gasteiger partial charge in [-0.25, -0.2) is 32.0 Å². The van der Waals surface area contributed by atoms with Crippen LogP contribution >= 0.6 is 0 Å². The highest BCUT2D eigenvalue weighted by atomic mass is 19.3. The highest BCUT2D eigenvalue weighted by Gasteiger charge is 2.44. The number of hydrogen-bond acceptors (Lipinski definition) is 7. The zero-order valence-corrected chi connectivity index (χ0v) is 19.4. The van der Waals surface area contributed by atoms with Gasteiger partial charge in [0.15, 0.2) is 11.5 Å². The van der Waals surface area contributed by atoms with Crippen molar-refractivity contribution >= 4 is 28.4 Å². The third kappa shape index (κ3) is 4.24. The van der Waals surface area contributed by atoms with E-state index in [-0.39, 0.29) is 18.9 Å². The third-order valence-electron chi connectivity index (χ3n) is 6.22. The van der Waals surface area contributed by atoms with Crippen LogP contribution in [0.4, 0.5) is 29.3 Å². The number of fused-ring (bicyclic) bond motifs is 2. The fourth-order valence-electron chi connectivity index (χ4n) is 4.53. The van der Waals surface area contributed by atoms with Gasteiger partial charge in [0.25, 0.3) is 12.3 Å². The van der Waals surface area contributed by atoms with Crippen LogP contribution in [-0.2, 0) is 6.54 Å². The number of nitrogens with one attached hydrogen (secondary N) is 2. The van der Waals surface area contributed by atoms with E-state index >= 15 is 0 Å². The average molecular weight is 491 g/mol. The minimum absolute atomic E-state index is 0.0762. The van der Waals surface area contributed by atoms with Gasteiger partial charge in [0.1, 0.15) is 16.9 Å². The first-order chi connectivity index (χ1) is 16.7. The van der Waals surface area contributed by atoms with E-state index in [0.29, 0.717) is 46.1 Å². The molecule has 13 heteroatoms. The van der Waals surface area contributed by atoms with Gasteiger partial charge in [0, 0.05) is 25.4 Å². The number of anilines is 2. The lowest BCUT2D eigenvalue weighted by molar-refractivity contribution is -0.0675. The second-order valence-electron chi connectivity index (χ2n) is 8.74. The van der Waals surface area contributed by atoms with Gasteiger partial charge < -0.3 is 20.1 Å². The Morgan fingerprint density at radius 1 is 1.17 bits per heavy atom. The molecule has 4 aromatic heterocycles. The zero-order chi connectivity index (χ0) is 24.9. The smallest absolute Gasteiger partial charge is 0.280 e. The Bertz CT molecular complexity index is 1380. The number of alkyl halides is 4. The lowest BCUT2D eigenvalue weighted by Crippen LogP contribution is -2.53. The molecule has 0 bridgehead atoms. The molecule has 0 amide bonds. The first-order valence-electron chi connectivity index (χ1n) is 11.2. The number of likely N-dealkylation sites (tertiary alicyclic amines) is 1. The van der Waals surface area contributed by atoms with Gasteiger partial charge in [-0.2, -0.15) is 4.98 Å². The first kappa shape index (κ1) is 23.3. The lowest BCUT2D eigenvalue weighted by atomic mass is 10.0. The van der Waals surface area contributed by atoms with Crippen molar-refractivity contribution in [2.45, 2.75) is 38.3 Å². The summed E-state index contributed by atoms with van der Waals surface area (Å²) >= 11 is 0. The molecule has 5 heterocycles. The fourth-order valence-corrected chi connectivity index (χ4v) is 4.53. The average Bonchev–Trinajstić information content (AvgIpc) is 3.35. The van der Waals surface area contributed by atoms with Gasteiger partial charge in [-0.3, -0.25) is 0 Å². The van der Waals surface area contributed by atoms with Crippen molar-refractivity contribution in [1.29, 1.82) is 0 Å². The molecule has 1 saturated heterocycles. The second-order valence-corrected chi connectivity index (χ2v) is 8.74. The molecule has 2 N–H and O–H groups in total. The molecular formula is C22H25F4N9. The van der Waals surface area contributed by atoms with Gasteiger partial charge in [0.2, 0.25) is 5.95 Å². The number of piperidine rings is 1. The van der Waals surface area contributed by atoms with Crippen LogP contribution in [0.1, 0.15) is 12.2 Å². The van der Waals surface area contributed by atoms with Crippen molar-refractivity contribution in [1.82, 2.24) is 34.0 Å². The number of nitrogens with zero attached hydrogens (tertiary/aromatic N) is 7. The van der Waals surface area contributed by atoms with Crippen LogP contribution in [0.3, 0.4) is 0 Å². The Morgan fingerprint density at radius 2 is 1.97 bits per heavy atom. The number of halogens is 4. The fraction of sp³-hybridized carbons (Fsp3) is 0.455. The molecular weight excluding hydrogens is 466 g/mol. The maximum atomic E-state index is 14.5. The van der Waals surface area contributed by atoms with Gasteiger partial charge in [-0.1, -0.05) is 0 Å². The normalized spacial score (nSPS) is 18.6. The minimum Gasteiger partial charge on any atom is -0.371 e. The highest BCUT2D eigenvalue weighted by Crippen LogP contribution is 2.32. The Balaban J connectivity index is 1.54. The van der Waals surface area contributed by atoms with Crippen LogP contribution in [0.25, 0.3) is 27.9 Å². The number of hydrogen-bond donors (Lipinski definition) is 2. The molecule has 1 aliphatic heterocycles. The molecule has 9 nitrogen and oxygen atoms in total. The second kappa shape index (κ2) is 8.63. The van der Waals surface area contributed by atoms with Gasteiger partial charge in [-0.05, 0) is 38.6 Å². The Hall–Kier alpha value is -3.48. The summed E-state index contributed by atoms with van der Waals surface area (Å²) in [5.74, 6) is -1.98. The maximum absolute atomic E-state index is 14.5. The summed E-state index contributed by atoms with van der Waals surface area (Å²) in [6.45, 7) is 1.36. The molecule has 0 radical (unpaired) electrons. The van der Waals surface area contributed by atoms with Crippen molar-refractivity contribution in [2.24, 2.45) is 0 Å². The molecule has 0 aromatic carbocycles. The monoisotopic (exact) mass is 491 g/mol. The molecule has 186 valence electrons. The van der Waals surface area contributed by atoms with Crippen molar-refractivity contribution in [3.63, 3.8) is 0 Å². The summed E-state index contributed by atoms with van der Waals surface area (Å²) in [5.41, 5.74) is 2.64. The van der Waals surface area contributed by atoms with Gasteiger partial charge in [0.05, 0.1) is 24.8 Å². The van der Waals surface area contributed by atoms with Gasteiger partial charge >= 0.3 is 0 Å². The predicted octanol–water partition coefficient (Wildman–Crippen LogP) is 3.51. The maximum Gasteiger partial charge on any atom is 0.280 e. The summed E-state index contributed by atoms with van der Waals surface area (Å²) in [6.07, 6.45) is -0.607. The van der Waals surface area contributed by atoms with Crippen LogP contribution in [0.2, 0.25) is 0 Å². The van der Waals surface area contributed by atoms with E-state index in [1.807, 2.05) is 0 Å². The van der Waals surface area contributed by atoms with Crippen LogP contribution in [0.5, 0.6) is 0 Å². The lowest BCUT2D eigenvalue weighted by Gasteiger charge is -2.36. The number of pyridine rings is 1. The molecule has 4 aromatic rings. The Labute approximate surface area is 198 Å². The SMILES string of the molecule is CNc1nc(NC2CCN(C)CC2(F)F)nn2ccc(-c3ccc4nc(C)n(CC(F)F)c4n3)c12. The summed E-state index contributed by atoms with van der Waals surface area (Å²) in [4.78, 5) is 15.0. The van der Waals surface area contributed by atoms with E-state index < -0.39 is 24.9 Å². The third-order valence-corrected chi connectivity index (χ3v) is 6.22. The van der Waals surface area contributed by atoms with E-state index in [0.717, 1.165) is 0 Å². The number of imidazole rings is 1. The molecule has 0 saturated carbocycles. The highest BCUT2D eigenvalue weighted by molar-refractivity contribution is 5.89. The largest absolute Gasteiger partial charge is 0.371 e. The van der Waals surface area contributed by atoms with E-state index in [1.54, 1.807) is 50.3 Å². The van der Waals surface area contributed by atoms with Crippen molar-refractivity contribution in [2.75, 3.05) is 37.8 Å². The number of rotatable bonds is 6. The summed E-state index contributed by atoms with van der Waals surface area (Å²) in [5, 5.41) is 10.2. The zero-order valence-electron chi connectivity index (χ0n) is 19.4. The number of aryl methyl sites for hydroxylation is 1. The Kier molecular flexibility index (Phi) is 5.74. The molecule has 1 aliphatic rings. The molecule has 5 rings (SSSR count). The van der Waals surface area contributed by atoms with Crippen molar-refractivity contribution < 1.29 is 17.6 Å². The van der Waals surface area contributed by atoms with Gasteiger partial charge in [-0.15, -0.1) is 5.10 Å². The summed E-state index contributed by atoms with van der Waals surface area (Å²) < 4.78 is 58.2. The topological polar surface area (TPSA) is 88.2 Å². The molecule has 0 aliphatic carbocycles. The first-order valence-corrected chi connectivity index (χ1v) is 11.2. The molecule has 1 fully saturated rings. The Morgan fingerprint density at radius 3 is 2.69 bits per heavy atom. The standard InChI is InChI=1S/C22H25F4N9/c1-12-28-15-5-4-14(29-20(15)34(12)10-17(23)24)13-6-9-35-18(13)19(27-2)31-21(32-35)30-16-7-8-33(3)11-22(16,25)26/h4-6,9,16-17H,7-8,10-11H2,1-3H3,(H2,27,30,31,32). The quantitative estimate of drug-likeness (QED) is 0.399. The molecule has 0 spiro atoms. The summed E-state index contributed by atoms with van der Waals surface area (Å²) in [7, 11) is 3.34. The van der Waals surface area contributed by atoms with Crippen molar-refractivity contribution in [3.05, 3.63) is 30.2 Å². The van der Waals surface area contributed by atoms with Crippen LogP contribution in [-0.4, -0.2) is 79.6 Å². The molecule has 35 heavy (non-hydrogen) atoms. The van der Waals surface area contributed by atoms with Crippen molar-refractivity contribution in [3.8, 4) is 11.3 Å². The number of aromatic nitrogens is 6. The minimum atomic E-state index is -2.92. The van der Waals surface area contributed by atoms with Crippen LogP contribution < -0.4 is 10.6 Å². The van der Waals surface area contributed by atoms with E-state index in [9.17, 15) is 17.6 Å². The van der Waals surface area contributed by atoms with Crippen LogP contribution in [0.15, 0.2) is 24.4 Å². The summed E-state index contributed by atoms with van der Waals surface area (Å²) in [6, 6.07) is 4.17. The van der Waals surface area contributed by atoms with E-state index in [2.05, 4.69) is 30.7 Å². The van der Waals surface area contributed by atoms with E-state index in [1.165, 1.54) is 9.08 Å².